The maximum Gasteiger partial charge on any atom is 0.270 e. The maximum absolute atomic E-state index is 11.7. The molecule has 7 heteroatoms. The monoisotopic (exact) mass is 230 g/mol. The molecule has 2 N–H and O–H groups in total. The van der Waals surface area contributed by atoms with Crippen LogP contribution < -0.4 is 4.83 Å². The van der Waals surface area contributed by atoms with E-state index >= 15 is 0 Å². The summed E-state index contributed by atoms with van der Waals surface area (Å²) in [5.41, 5.74) is 0. The number of hydrazine groups is 1. The lowest BCUT2D eigenvalue weighted by atomic mass is 10.2. The number of piperidine rings is 1. The molecule has 0 aromatic carbocycles. The summed E-state index contributed by atoms with van der Waals surface area (Å²) in [6.45, 7) is 1.54. The van der Waals surface area contributed by atoms with Crippen LogP contribution in [0.5, 0.6) is 0 Å². The molecule has 1 aromatic rings. The van der Waals surface area contributed by atoms with Gasteiger partial charge in [0.15, 0.2) is 5.03 Å². The van der Waals surface area contributed by atoms with E-state index in [-0.39, 0.29) is 5.03 Å². The summed E-state index contributed by atoms with van der Waals surface area (Å²) >= 11 is 0. The van der Waals surface area contributed by atoms with Crippen LogP contribution in [-0.2, 0) is 10.0 Å². The van der Waals surface area contributed by atoms with Crippen molar-refractivity contribution in [1.82, 2.24) is 20.0 Å². The van der Waals surface area contributed by atoms with Crippen LogP contribution in [0.4, 0.5) is 0 Å². The largest absolute Gasteiger partial charge is 0.270 e. The van der Waals surface area contributed by atoms with Gasteiger partial charge in [0.1, 0.15) is 0 Å². The minimum atomic E-state index is -3.46. The molecule has 6 nitrogen and oxygen atoms in total. The number of hydrogen-bond donors (Lipinski definition) is 2. The molecule has 0 atom stereocenters. The molecule has 0 aliphatic carbocycles. The standard InChI is InChI=1S/C8H14N4O2S/c13-15(14,8-4-5-9-10-8)11-12-6-2-1-3-7-12/h4-5,11H,1-3,6-7H2,(H,9,10). The molecule has 84 valence electrons. The van der Waals surface area contributed by atoms with Crippen molar-refractivity contribution in [3.05, 3.63) is 12.3 Å². The Bertz CT molecular complexity index is 394. The highest BCUT2D eigenvalue weighted by molar-refractivity contribution is 7.89. The Hall–Kier alpha value is -0.920. The van der Waals surface area contributed by atoms with E-state index < -0.39 is 10.0 Å². The third kappa shape index (κ3) is 2.55. The molecule has 0 radical (unpaired) electrons. The average Bonchev–Trinajstić information content (AvgIpc) is 2.71. The Morgan fingerprint density at radius 2 is 2.07 bits per heavy atom. The van der Waals surface area contributed by atoms with Gasteiger partial charge in [-0.05, 0) is 18.9 Å². The van der Waals surface area contributed by atoms with E-state index in [2.05, 4.69) is 15.0 Å². The third-order valence-electron chi connectivity index (χ3n) is 2.37. The summed E-state index contributed by atoms with van der Waals surface area (Å²) in [6.07, 6.45) is 4.66. The normalized spacial score (nSPS) is 19.2. The Balaban J connectivity index is 2.04. The van der Waals surface area contributed by atoms with Crippen LogP contribution in [0.15, 0.2) is 17.3 Å². The van der Waals surface area contributed by atoms with Gasteiger partial charge in [-0.1, -0.05) is 6.42 Å². The van der Waals surface area contributed by atoms with E-state index in [1.807, 2.05) is 0 Å². The van der Waals surface area contributed by atoms with Gasteiger partial charge in [-0.15, -0.1) is 4.83 Å². The second-order valence-corrected chi connectivity index (χ2v) is 5.19. The van der Waals surface area contributed by atoms with Crippen molar-refractivity contribution in [3.8, 4) is 0 Å². The zero-order valence-electron chi connectivity index (χ0n) is 8.31. The molecule has 1 aliphatic rings. The van der Waals surface area contributed by atoms with E-state index in [9.17, 15) is 8.42 Å². The van der Waals surface area contributed by atoms with Gasteiger partial charge in [-0.3, -0.25) is 5.10 Å². The topological polar surface area (TPSA) is 78.1 Å². The molecule has 15 heavy (non-hydrogen) atoms. The number of aromatic nitrogens is 2. The predicted molar refractivity (Wildman–Crippen MR) is 54.3 cm³/mol. The fourth-order valence-electron chi connectivity index (χ4n) is 1.60. The van der Waals surface area contributed by atoms with Crippen LogP contribution >= 0.6 is 0 Å². The smallest absolute Gasteiger partial charge is 0.266 e. The summed E-state index contributed by atoms with van der Waals surface area (Å²) < 4.78 is 23.5. The zero-order chi connectivity index (χ0) is 10.7. The summed E-state index contributed by atoms with van der Waals surface area (Å²) in [5, 5.41) is 7.90. The van der Waals surface area contributed by atoms with Crippen LogP contribution in [-0.4, -0.2) is 36.7 Å². The highest BCUT2D eigenvalue weighted by Crippen LogP contribution is 2.09. The van der Waals surface area contributed by atoms with E-state index in [1.54, 1.807) is 5.01 Å². The molecule has 0 spiro atoms. The van der Waals surface area contributed by atoms with Crippen molar-refractivity contribution in [3.63, 3.8) is 0 Å². The molecular formula is C8H14N4O2S. The number of aromatic amines is 1. The molecule has 0 amide bonds. The van der Waals surface area contributed by atoms with Crippen LogP contribution in [0.1, 0.15) is 19.3 Å². The lowest BCUT2D eigenvalue weighted by Crippen LogP contribution is -2.44. The number of nitrogens with zero attached hydrogens (tertiary/aromatic N) is 2. The summed E-state index contributed by atoms with van der Waals surface area (Å²) in [5.74, 6) is 0. The van der Waals surface area contributed by atoms with Gasteiger partial charge in [0.05, 0.1) is 6.20 Å². The third-order valence-corrected chi connectivity index (χ3v) is 3.68. The Morgan fingerprint density at radius 1 is 1.33 bits per heavy atom. The van der Waals surface area contributed by atoms with Crippen LogP contribution in [0, 0.1) is 0 Å². The van der Waals surface area contributed by atoms with Crippen molar-refractivity contribution in [2.45, 2.75) is 24.3 Å². The lowest BCUT2D eigenvalue weighted by Gasteiger charge is -2.26. The number of sulfonamides is 1. The summed E-state index contributed by atoms with van der Waals surface area (Å²) in [7, 11) is -3.46. The first-order valence-electron chi connectivity index (χ1n) is 4.95. The van der Waals surface area contributed by atoms with E-state index in [0.29, 0.717) is 0 Å². The number of hydrogen-bond acceptors (Lipinski definition) is 4. The molecule has 1 aliphatic heterocycles. The molecule has 1 aromatic heterocycles. The number of rotatable bonds is 3. The molecule has 0 bridgehead atoms. The van der Waals surface area contributed by atoms with Crippen LogP contribution in [0.3, 0.4) is 0 Å². The number of H-pyrrole nitrogens is 1. The molecule has 1 fully saturated rings. The van der Waals surface area contributed by atoms with Crippen molar-refractivity contribution >= 4 is 10.0 Å². The highest BCUT2D eigenvalue weighted by Gasteiger charge is 2.20. The predicted octanol–water partition coefficient (Wildman–Crippen LogP) is 0.0889. The lowest BCUT2D eigenvalue weighted by molar-refractivity contribution is 0.199. The quantitative estimate of drug-likeness (QED) is 0.771. The molecule has 0 saturated carbocycles. The second kappa shape index (κ2) is 4.30. The first kappa shape index (κ1) is 10.6. The molecular weight excluding hydrogens is 216 g/mol. The van der Waals surface area contributed by atoms with Crippen LogP contribution in [0.25, 0.3) is 0 Å². The zero-order valence-corrected chi connectivity index (χ0v) is 9.13. The molecule has 2 heterocycles. The van der Waals surface area contributed by atoms with Crippen molar-refractivity contribution in [1.29, 1.82) is 0 Å². The van der Waals surface area contributed by atoms with Gasteiger partial charge < -0.3 is 0 Å². The average molecular weight is 230 g/mol. The second-order valence-electron chi connectivity index (χ2n) is 3.56. The first-order chi connectivity index (χ1) is 7.18. The van der Waals surface area contributed by atoms with E-state index in [1.165, 1.54) is 18.7 Å². The summed E-state index contributed by atoms with van der Waals surface area (Å²) in [4.78, 5) is 2.53. The Labute approximate surface area is 88.7 Å². The first-order valence-corrected chi connectivity index (χ1v) is 6.43. The van der Waals surface area contributed by atoms with Gasteiger partial charge in [0.2, 0.25) is 0 Å². The molecule has 0 unspecified atom stereocenters. The maximum atomic E-state index is 11.7. The fraction of sp³-hybridized carbons (Fsp3) is 0.625. The SMILES string of the molecule is O=S(=O)(NN1CCCCC1)c1ccn[nH]1. The van der Waals surface area contributed by atoms with Crippen LogP contribution in [0.2, 0.25) is 0 Å². The molecule has 1 saturated heterocycles. The molecule has 2 rings (SSSR count). The van der Waals surface area contributed by atoms with Crippen molar-refractivity contribution in [2.75, 3.05) is 13.1 Å². The Kier molecular flexibility index (Phi) is 3.03. The van der Waals surface area contributed by atoms with Crippen molar-refractivity contribution in [2.24, 2.45) is 0 Å². The van der Waals surface area contributed by atoms with E-state index in [0.717, 1.165) is 25.9 Å². The highest BCUT2D eigenvalue weighted by atomic mass is 32.2. The fourth-order valence-corrected chi connectivity index (χ4v) is 2.63. The van der Waals surface area contributed by atoms with Gasteiger partial charge in [-0.2, -0.15) is 5.10 Å². The van der Waals surface area contributed by atoms with Gasteiger partial charge in [0.25, 0.3) is 10.0 Å². The van der Waals surface area contributed by atoms with Gasteiger partial charge in [0, 0.05) is 13.1 Å². The Morgan fingerprint density at radius 3 is 2.67 bits per heavy atom. The van der Waals surface area contributed by atoms with Gasteiger partial charge >= 0.3 is 0 Å². The van der Waals surface area contributed by atoms with Crippen molar-refractivity contribution < 1.29 is 8.42 Å². The minimum absolute atomic E-state index is 0.105. The van der Waals surface area contributed by atoms with E-state index in [4.69, 9.17) is 0 Å². The van der Waals surface area contributed by atoms with Gasteiger partial charge in [-0.25, -0.2) is 13.4 Å². The summed E-state index contributed by atoms with van der Waals surface area (Å²) in [6, 6.07) is 1.44. The number of nitrogens with one attached hydrogen (secondary N) is 2. The minimum Gasteiger partial charge on any atom is -0.266 e.